The van der Waals surface area contributed by atoms with Crippen molar-refractivity contribution in [2.45, 2.75) is 25.8 Å². The molecule has 1 amide bonds. The predicted octanol–water partition coefficient (Wildman–Crippen LogP) is 4.05. The molecular weight excluding hydrogens is 409 g/mol. The number of hydrogen-bond donors (Lipinski definition) is 1. The molecule has 3 rings (SSSR count). The fourth-order valence-corrected chi connectivity index (χ4v) is 3.73. The molecule has 1 aliphatic rings. The van der Waals surface area contributed by atoms with Gasteiger partial charge in [-0.1, -0.05) is 22.4 Å². The second-order valence-corrected chi connectivity index (χ2v) is 7.67. The number of rotatable bonds is 6. The molecule has 1 fully saturated rings. The summed E-state index contributed by atoms with van der Waals surface area (Å²) in [7, 11) is 0. The van der Waals surface area contributed by atoms with Crippen molar-refractivity contribution < 1.29 is 13.9 Å². The second-order valence-electron chi connectivity index (χ2n) is 5.89. The van der Waals surface area contributed by atoms with Crippen LogP contribution in [0.5, 0.6) is 5.75 Å². The lowest BCUT2D eigenvalue weighted by Gasteiger charge is -2.25. The number of anilines is 1. The Morgan fingerprint density at radius 2 is 2.16 bits per heavy atom. The number of halogens is 2. The van der Waals surface area contributed by atoms with Crippen LogP contribution in [0, 0.1) is 5.82 Å². The molecule has 1 aliphatic heterocycles. The molecule has 2 heterocycles. The van der Waals surface area contributed by atoms with E-state index >= 15 is 0 Å². The number of thiazole rings is 1. The van der Waals surface area contributed by atoms with Crippen LogP contribution in [0.25, 0.3) is 0 Å². The van der Waals surface area contributed by atoms with Crippen molar-refractivity contribution in [3.63, 3.8) is 0 Å². The van der Waals surface area contributed by atoms with Crippen LogP contribution in [0.1, 0.15) is 25.0 Å². The molecule has 1 N–H and O–H groups in total. The summed E-state index contributed by atoms with van der Waals surface area (Å²) in [5.41, 5.74) is 0.960. The Bertz CT molecular complexity index is 734. The van der Waals surface area contributed by atoms with Crippen molar-refractivity contribution in [1.29, 1.82) is 0 Å². The summed E-state index contributed by atoms with van der Waals surface area (Å²) in [4.78, 5) is 18.8. The van der Waals surface area contributed by atoms with E-state index in [0.717, 1.165) is 25.3 Å². The number of likely N-dealkylation sites (tertiary alicyclic amines) is 1. The molecule has 2 aromatic rings. The number of nitrogens with zero attached hydrogens (tertiary/aromatic N) is 2. The van der Waals surface area contributed by atoms with Crippen LogP contribution < -0.4 is 10.1 Å². The molecule has 134 valence electrons. The number of benzene rings is 1. The quantitative estimate of drug-likeness (QED) is 0.755. The first-order valence-corrected chi connectivity index (χ1v) is 9.82. The van der Waals surface area contributed by atoms with E-state index < -0.39 is 5.82 Å². The van der Waals surface area contributed by atoms with Gasteiger partial charge in [0, 0.05) is 16.4 Å². The molecule has 5 nitrogen and oxygen atoms in total. The average molecular weight is 428 g/mol. The van der Waals surface area contributed by atoms with Gasteiger partial charge in [-0.15, -0.1) is 11.3 Å². The molecule has 1 saturated heterocycles. The summed E-state index contributed by atoms with van der Waals surface area (Å²) < 4.78 is 19.5. The highest BCUT2D eigenvalue weighted by atomic mass is 79.9. The van der Waals surface area contributed by atoms with Crippen molar-refractivity contribution in [2.75, 3.05) is 25.0 Å². The largest absolute Gasteiger partial charge is 0.481 e. The molecule has 1 aromatic carbocycles. The number of ether oxygens (including phenoxy) is 1. The Morgan fingerprint density at radius 1 is 1.36 bits per heavy atom. The lowest BCUT2D eigenvalue weighted by Crippen LogP contribution is -2.29. The van der Waals surface area contributed by atoms with Gasteiger partial charge in [-0.25, -0.2) is 9.37 Å². The lowest BCUT2D eigenvalue weighted by molar-refractivity contribution is -0.118. The predicted molar refractivity (Wildman–Crippen MR) is 99.5 cm³/mol. The van der Waals surface area contributed by atoms with Crippen molar-refractivity contribution in [3.05, 3.63) is 39.6 Å². The van der Waals surface area contributed by atoms with Crippen LogP contribution in [0.3, 0.4) is 0 Å². The summed E-state index contributed by atoms with van der Waals surface area (Å²) in [5, 5.41) is 5.19. The van der Waals surface area contributed by atoms with E-state index in [1.807, 2.05) is 5.38 Å². The third kappa shape index (κ3) is 5.49. The number of carbonyl (C=O) groups is 1. The monoisotopic (exact) mass is 427 g/mol. The maximum atomic E-state index is 13.7. The molecule has 0 aliphatic carbocycles. The van der Waals surface area contributed by atoms with Crippen LogP contribution in [-0.2, 0) is 11.3 Å². The molecular formula is C17H19BrFN3O2S. The third-order valence-corrected chi connectivity index (χ3v) is 5.18. The van der Waals surface area contributed by atoms with Gasteiger partial charge in [-0.3, -0.25) is 15.0 Å². The average Bonchev–Trinajstić information content (AvgIpc) is 3.02. The SMILES string of the molecule is O=C(COc1ccc(Br)cc1F)Nc1nc(CN2CCCCC2)cs1. The fourth-order valence-electron chi connectivity index (χ4n) is 2.67. The van der Waals surface area contributed by atoms with E-state index in [9.17, 15) is 9.18 Å². The number of amides is 1. The van der Waals surface area contributed by atoms with E-state index in [0.29, 0.717) is 9.60 Å². The molecule has 8 heteroatoms. The lowest BCUT2D eigenvalue weighted by atomic mass is 10.1. The number of aromatic nitrogens is 1. The second kappa shape index (κ2) is 8.73. The minimum absolute atomic E-state index is 0.0447. The maximum Gasteiger partial charge on any atom is 0.264 e. The third-order valence-electron chi connectivity index (χ3n) is 3.89. The topological polar surface area (TPSA) is 54.5 Å². The summed E-state index contributed by atoms with van der Waals surface area (Å²) in [6, 6.07) is 4.43. The molecule has 0 unspecified atom stereocenters. The van der Waals surface area contributed by atoms with Crippen molar-refractivity contribution >= 4 is 38.3 Å². The first kappa shape index (κ1) is 18.3. The zero-order chi connectivity index (χ0) is 17.6. The Hall–Kier alpha value is -1.51. The summed E-state index contributed by atoms with van der Waals surface area (Å²) in [5.74, 6) is -0.829. The van der Waals surface area contributed by atoms with Gasteiger partial charge in [-0.05, 0) is 44.1 Å². The standard InChI is InChI=1S/C17H19BrFN3O2S/c18-12-4-5-15(14(19)8-12)24-10-16(23)21-17-20-13(11-25-17)9-22-6-2-1-3-7-22/h4-5,8,11H,1-3,6-7,9-10H2,(H,20,21,23). The minimum atomic E-state index is -0.514. The smallest absolute Gasteiger partial charge is 0.264 e. The number of carbonyl (C=O) groups excluding carboxylic acids is 1. The highest BCUT2D eigenvalue weighted by Gasteiger charge is 2.14. The van der Waals surface area contributed by atoms with E-state index in [2.05, 4.69) is 31.1 Å². The molecule has 0 spiro atoms. The van der Waals surface area contributed by atoms with E-state index in [1.165, 1.54) is 42.7 Å². The molecule has 25 heavy (non-hydrogen) atoms. The van der Waals surface area contributed by atoms with Crippen molar-refractivity contribution in [3.8, 4) is 5.75 Å². The minimum Gasteiger partial charge on any atom is -0.481 e. The summed E-state index contributed by atoms with van der Waals surface area (Å²) in [6.07, 6.45) is 3.77. The van der Waals surface area contributed by atoms with Gasteiger partial charge in [0.2, 0.25) is 0 Å². The van der Waals surface area contributed by atoms with Crippen LogP contribution in [0.2, 0.25) is 0 Å². The zero-order valence-corrected chi connectivity index (χ0v) is 16.0. The van der Waals surface area contributed by atoms with Crippen LogP contribution in [0.4, 0.5) is 9.52 Å². The number of nitrogens with one attached hydrogen (secondary N) is 1. The van der Waals surface area contributed by atoms with Gasteiger partial charge in [-0.2, -0.15) is 0 Å². The Balaban J connectivity index is 1.47. The summed E-state index contributed by atoms with van der Waals surface area (Å²) in [6.45, 7) is 2.75. The van der Waals surface area contributed by atoms with Gasteiger partial charge in [0.25, 0.3) is 5.91 Å². The Kier molecular flexibility index (Phi) is 6.39. The highest BCUT2D eigenvalue weighted by molar-refractivity contribution is 9.10. The molecule has 0 saturated carbocycles. The highest BCUT2D eigenvalue weighted by Crippen LogP contribution is 2.22. The van der Waals surface area contributed by atoms with E-state index in [1.54, 1.807) is 6.07 Å². The van der Waals surface area contributed by atoms with E-state index in [-0.39, 0.29) is 18.3 Å². The Labute approximate surface area is 158 Å². The first-order chi connectivity index (χ1) is 12.1. The van der Waals surface area contributed by atoms with Crippen molar-refractivity contribution in [2.24, 2.45) is 0 Å². The molecule has 0 radical (unpaired) electrons. The first-order valence-electron chi connectivity index (χ1n) is 8.14. The molecule has 0 bridgehead atoms. The van der Waals surface area contributed by atoms with Crippen LogP contribution in [-0.4, -0.2) is 35.5 Å². The summed E-state index contributed by atoms with van der Waals surface area (Å²) >= 11 is 4.56. The molecule has 0 atom stereocenters. The van der Waals surface area contributed by atoms with Gasteiger partial charge < -0.3 is 4.74 Å². The number of piperidine rings is 1. The van der Waals surface area contributed by atoms with Crippen molar-refractivity contribution in [1.82, 2.24) is 9.88 Å². The van der Waals surface area contributed by atoms with Gasteiger partial charge in [0.15, 0.2) is 23.3 Å². The van der Waals surface area contributed by atoms with Gasteiger partial charge in [0.05, 0.1) is 5.69 Å². The van der Waals surface area contributed by atoms with Gasteiger partial charge in [0.1, 0.15) is 0 Å². The molecule has 1 aromatic heterocycles. The number of hydrogen-bond acceptors (Lipinski definition) is 5. The normalized spacial score (nSPS) is 15.1. The maximum absolute atomic E-state index is 13.7. The van der Waals surface area contributed by atoms with Crippen LogP contribution >= 0.6 is 27.3 Å². The van der Waals surface area contributed by atoms with Gasteiger partial charge >= 0.3 is 0 Å². The fraction of sp³-hybridized carbons (Fsp3) is 0.412. The van der Waals surface area contributed by atoms with E-state index in [4.69, 9.17) is 4.74 Å². The zero-order valence-electron chi connectivity index (χ0n) is 13.6. The Morgan fingerprint density at radius 3 is 2.92 bits per heavy atom. The van der Waals surface area contributed by atoms with Crippen LogP contribution in [0.15, 0.2) is 28.1 Å².